The van der Waals surface area contributed by atoms with Gasteiger partial charge in [0.25, 0.3) is 0 Å². The number of nitrogens with one attached hydrogen (secondary N) is 1. The molecule has 0 aliphatic rings. The molecule has 0 fully saturated rings. The van der Waals surface area contributed by atoms with Crippen LogP contribution in [0.4, 0.5) is 17.6 Å². The number of allylic oxidation sites excluding steroid dienone is 1. The average Bonchev–Trinajstić information content (AvgIpc) is 2.41. The maximum absolute atomic E-state index is 13.5. The van der Waals surface area contributed by atoms with Crippen LogP contribution in [0.15, 0.2) is 23.1 Å². The fourth-order valence-electron chi connectivity index (χ4n) is 1.53. The van der Waals surface area contributed by atoms with E-state index in [4.69, 9.17) is 5.11 Å². The molecule has 1 rings (SSSR count). The summed E-state index contributed by atoms with van der Waals surface area (Å²) in [5, 5.41) is 9.01. The third-order valence-electron chi connectivity index (χ3n) is 2.54. The number of aliphatic hydroxyl groups is 1. The number of benzene rings is 1. The molecule has 0 unspecified atom stereocenters. The zero-order valence-corrected chi connectivity index (χ0v) is 11.7. The Labute approximate surface area is 119 Å². The minimum absolute atomic E-state index is 0.0350. The third kappa shape index (κ3) is 4.02. The first kappa shape index (κ1) is 17.6. The Bertz CT molecular complexity index is 620. The van der Waals surface area contributed by atoms with Crippen molar-refractivity contribution >= 4 is 10.0 Å². The second kappa shape index (κ2) is 7.01. The topological polar surface area (TPSA) is 66.4 Å². The SMILES string of the molecule is C/C=C/C[C@@H](CO)NS(=O)(=O)c1c(F)c(F)cc(F)c1F. The van der Waals surface area contributed by atoms with Gasteiger partial charge >= 0.3 is 0 Å². The normalized spacial score (nSPS) is 13.8. The Balaban J connectivity index is 3.25. The summed E-state index contributed by atoms with van der Waals surface area (Å²) < 4.78 is 78.5. The van der Waals surface area contributed by atoms with Gasteiger partial charge in [0.2, 0.25) is 10.0 Å². The van der Waals surface area contributed by atoms with E-state index in [2.05, 4.69) is 0 Å². The van der Waals surface area contributed by atoms with Crippen molar-refractivity contribution in [3.63, 3.8) is 0 Å². The highest BCUT2D eigenvalue weighted by molar-refractivity contribution is 7.89. The Morgan fingerprint density at radius 2 is 1.76 bits per heavy atom. The third-order valence-corrected chi connectivity index (χ3v) is 4.08. The number of rotatable bonds is 6. The Morgan fingerprint density at radius 3 is 2.19 bits per heavy atom. The predicted octanol–water partition coefficient (Wildman–Crippen LogP) is 1.85. The largest absolute Gasteiger partial charge is 0.395 e. The van der Waals surface area contributed by atoms with E-state index >= 15 is 0 Å². The summed E-state index contributed by atoms with van der Waals surface area (Å²) in [5.41, 5.74) is 0. The molecule has 4 nitrogen and oxygen atoms in total. The van der Waals surface area contributed by atoms with E-state index in [9.17, 15) is 26.0 Å². The van der Waals surface area contributed by atoms with Crippen molar-refractivity contribution in [1.82, 2.24) is 4.72 Å². The minimum atomic E-state index is -4.88. The van der Waals surface area contributed by atoms with Gasteiger partial charge in [0.15, 0.2) is 28.2 Å². The van der Waals surface area contributed by atoms with E-state index in [1.165, 1.54) is 6.08 Å². The summed E-state index contributed by atoms with van der Waals surface area (Å²) >= 11 is 0. The first-order valence-corrected chi connectivity index (χ1v) is 7.30. The molecule has 1 aromatic carbocycles. The summed E-state index contributed by atoms with van der Waals surface area (Å²) in [6.07, 6.45) is 3.11. The van der Waals surface area contributed by atoms with Gasteiger partial charge in [0, 0.05) is 12.1 Å². The van der Waals surface area contributed by atoms with Gasteiger partial charge in [-0.05, 0) is 13.3 Å². The average molecular weight is 327 g/mol. The molecule has 0 amide bonds. The molecule has 0 aliphatic carbocycles. The smallest absolute Gasteiger partial charge is 0.246 e. The lowest BCUT2D eigenvalue weighted by atomic mass is 10.2. The summed E-state index contributed by atoms with van der Waals surface area (Å²) in [7, 11) is -4.88. The van der Waals surface area contributed by atoms with Crippen molar-refractivity contribution in [3.8, 4) is 0 Å². The molecule has 2 N–H and O–H groups in total. The Kier molecular flexibility index (Phi) is 5.87. The lowest BCUT2D eigenvalue weighted by Gasteiger charge is -2.15. The maximum atomic E-state index is 13.5. The van der Waals surface area contributed by atoms with Crippen LogP contribution in [0.1, 0.15) is 13.3 Å². The van der Waals surface area contributed by atoms with Gasteiger partial charge in [-0.3, -0.25) is 0 Å². The van der Waals surface area contributed by atoms with Crippen LogP contribution in [0, 0.1) is 23.3 Å². The number of hydrogen-bond donors (Lipinski definition) is 2. The fraction of sp³-hybridized carbons (Fsp3) is 0.333. The van der Waals surface area contributed by atoms with Gasteiger partial charge in [-0.15, -0.1) is 0 Å². The maximum Gasteiger partial charge on any atom is 0.246 e. The van der Waals surface area contributed by atoms with Crippen molar-refractivity contribution in [1.29, 1.82) is 0 Å². The van der Waals surface area contributed by atoms with E-state index in [0.717, 1.165) is 0 Å². The van der Waals surface area contributed by atoms with Crippen LogP contribution in [0.2, 0.25) is 0 Å². The van der Waals surface area contributed by atoms with Gasteiger partial charge < -0.3 is 5.11 Å². The van der Waals surface area contributed by atoms with Gasteiger partial charge in [0.05, 0.1) is 6.61 Å². The molecule has 0 heterocycles. The molecule has 118 valence electrons. The van der Waals surface area contributed by atoms with Gasteiger partial charge in [-0.1, -0.05) is 12.2 Å². The number of halogens is 4. The van der Waals surface area contributed by atoms with Crippen LogP contribution < -0.4 is 4.72 Å². The van der Waals surface area contributed by atoms with Crippen molar-refractivity contribution in [2.24, 2.45) is 0 Å². The first-order valence-electron chi connectivity index (χ1n) is 5.82. The molecule has 21 heavy (non-hydrogen) atoms. The van der Waals surface area contributed by atoms with E-state index in [1.54, 1.807) is 17.7 Å². The molecule has 0 saturated carbocycles. The monoisotopic (exact) mass is 327 g/mol. The molecule has 1 aromatic rings. The van der Waals surface area contributed by atoms with E-state index < -0.39 is 50.8 Å². The molecule has 0 aromatic heterocycles. The summed E-state index contributed by atoms with van der Waals surface area (Å²) in [4.78, 5) is -1.75. The zero-order valence-electron chi connectivity index (χ0n) is 10.9. The highest BCUT2D eigenvalue weighted by Crippen LogP contribution is 2.24. The van der Waals surface area contributed by atoms with Crippen LogP contribution in [0.5, 0.6) is 0 Å². The van der Waals surface area contributed by atoms with Crippen molar-refractivity contribution in [3.05, 3.63) is 41.5 Å². The quantitative estimate of drug-likeness (QED) is 0.476. The highest BCUT2D eigenvalue weighted by atomic mass is 32.2. The Hall–Kier alpha value is -1.45. The second-order valence-electron chi connectivity index (χ2n) is 4.10. The number of sulfonamides is 1. The molecular formula is C12H13F4NO3S. The molecule has 0 spiro atoms. The minimum Gasteiger partial charge on any atom is -0.395 e. The van der Waals surface area contributed by atoms with E-state index in [1.807, 2.05) is 0 Å². The summed E-state index contributed by atoms with van der Waals surface area (Å²) in [6.45, 7) is 0.981. The van der Waals surface area contributed by atoms with Crippen molar-refractivity contribution in [2.45, 2.75) is 24.3 Å². The molecule has 0 saturated heterocycles. The van der Waals surface area contributed by atoms with Crippen LogP contribution >= 0.6 is 0 Å². The molecular weight excluding hydrogens is 314 g/mol. The molecule has 1 atom stereocenters. The molecule has 0 aliphatic heterocycles. The van der Waals surface area contributed by atoms with Crippen LogP contribution in [0.3, 0.4) is 0 Å². The molecule has 0 radical (unpaired) electrons. The lowest BCUT2D eigenvalue weighted by molar-refractivity contribution is 0.257. The Morgan fingerprint density at radius 1 is 1.24 bits per heavy atom. The number of aliphatic hydroxyl groups excluding tert-OH is 1. The summed E-state index contributed by atoms with van der Waals surface area (Å²) in [6, 6.07) is -1.18. The van der Waals surface area contributed by atoms with Crippen LogP contribution in [-0.2, 0) is 10.0 Å². The van der Waals surface area contributed by atoms with Crippen LogP contribution in [-0.4, -0.2) is 26.2 Å². The predicted molar refractivity (Wildman–Crippen MR) is 66.9 cm³/mol. The van der Waals surface area contributed by atoms with Gasteiger partial charge in [-0.25, -0.2) is 30.7 Å². The van der Waals surface area contributed by atoms with Crippen molar-refractivity contribution < 1.29 is 31.1 Å². The van der Waals surface area contributed by atoms with Gasteiger partial charge in [0.1, 0.15) is 0 Å². The molecule has 9 heteroatoms. The second-order valence-corrected chi connectivity index (χ2v) is 5.75. The van der Waals surface area contributed by atoms with Crippen molar-refractivity contribution in [2.75, 3.05) is 6.61 Å². The van der Waals surface area contributed by atoms with Gasteiger partial charge in [-0.2, -0.15) is 0 Å². The van der Waals surface area contributed by atoms with E-state index in [-0.39, 0.29) is 12.5 Å². The first-order chi connectivity index (χ1) is 9.74. The fourth-order valence-corrected chi connectivity index (χ4v) is 2.92. The van der Waals surface area contributed by atoms with Crippen LogP contribution in [0.25, 0.3) is 0 Å². The van der Waals surface area contributed by atoms with E-state index in [0.29, 0.717) is 0 Å². The molecule has 0 bridgehead atoms. The highest BCUT2D eigenvalue weighted by Gasteiger charge is 2.31. The standard InChI is InChI=1S/C12H13F4NO3S/c1-2-3-4-7(6-18)17-21(19,20)12-10(15)8(13)5-9(14)11(12)16/h2-3,5,7,17-18H,4,6H2,1H3/b3-2+/t7-/m0/s1. The lowest BCUT2D eigenvalue weighted by Crippen LogP contribution is -2.38. The summed E-state index contributed by atoms with van der Waals surface area (Å²) in [5.74, 6) is -7.71. The zero-order chi connectivity index (χ0) is 16.2. The number of hydrogen-bond acceptors (Lipinski definition) is 3.